The minimum atomic E-state index is 0.686. The van der Waals surface area contributed by atoms with Gasteiger partial charge in [-0.15, -0.1) is 0 Å². The average Bonchev–Trinajstić information content (AvgIpc) is 2.49. The Morgan fingerprint density at radius 2 is 1.39 bits per heavy atom. The molecule has 0 aromatic carbocycles. The van der Waals surface area contributed by atoms with E-state index in [0.717, 1.165) is 11.4 Å². The Kier molecular flexibility index (Phi) is 2.71. The fourth-order valence-corrected chi connectivity index (χ4v) is 1.56. The van der Waals surface area contributed by atoms with E-state index in [1.807, 2.05) is 18.2 Å². The molecule has 0 saturated carbocycles. The molecule has 0 bridgehead atoms. The maximum absolute atomic E-state index is 4.49. The highest BCUT2D eigenvalue weighted by molar-refractivity contribution is 5.58. The Hall–Kier alpha value is -2.69. The quantitative estimate of drug-likeness (QED) is 0.679. The molecular formula is C13H9N5. The van der Waals surface area contributed by atoms with E-state index in [1.165, 1.54) is 0 Å². The predicted octanol–water partition coefficient (Wildman–Crippen LogP) is 2.00. The van der Waals surface area contributed by atoms with E-state index in [1.54, 1.807) is 37.2 Å². The fourth-order valence-electron chi connectivity index (χ4n) is 1.56. The number of rotatable bonds is 2. The lowest BCUT2D eigenvalue weighted by Crippen LogP contribution is -1.93. The van der Waals surface area contributed by atoms with Gasteiger partial charge in [0.15, 0.2) is 0 Å². The summed E-state index contributed by atoms with van der Waals surface area (Å²) in [5.41, 5.74) is 2.89. The van der Waals surface area contributed by atoms with E-state index >= 15 is 0 Å². The Labute approximate surface area is 104 Å². The molecule has 0 spiro atoms. The topological polar surface area (TPSA) is 64.5 Å². The second kappa shape index (κ2) is 4.67. The van der Waals surface area contributed by atoms with Crippen LogP contribution in [0, 0.1) is 0 Å². The van der Waals surface area contributed by atoms with Crippen LogP contribution < -0.4 is 0 Å². The maximum atomic E-state index is 4.49. The van der Waals surface area contributed by atoms with Crippen LogP contribution in [-0.4, -0.2) is 24.9 Å². The van der Waals surface area contributed by atoms with Crippen molar-refractivity contribution >= 4 is 0 Å². The summed E-state index contributed by atoms with van der Waals surface area (Å²) >= 11 is 0. The van der Waals surface area contributed by atoms with Crippen molar-refractivity contribution in [3.05, 3.63) is 55.4 Å². The zero-order valence-electron chi connectivity index (χ0n) is 9.43. The normalized spacial score (nSPS) is 10.2. The van der Waals surface area contributed by atoms with Gasteiger partial charge in [0, 0.05) is 18.6 Å². The molecule has 0 amide bonds. The molecule has 0 aliphatic heterocycles. The zero-order valence-corrected chi connectivity index (χ0v) is 9.43. The highest BCUT2D eigenvalue weighted by Crippen LogP contribution is 2.17. The van der Waals surface area contributed by atoms with Crippen molar-refractivity contribution in [2.45, 2.75) is 0 Å². The lowest BCUT2D eigenvalue weighted by molar-refractivity contribution is 1.13. The van der Waals surface area contributed by atoms with Gasteiger partial charge in [0.2, 0.25) is 0 Å². The van der Waals surface area contributed by atoms with Crippen molar-refractivity contribution in [3.8, 4) is 22.8 Å². The molecule has 3 rings (SSSR count). The van der Waals surface area contributed by atoms with Gasteiger partial charge in [0.05, 0.1) is 24.3 Å². The van der Waals surface area contributed by atoms with Crippen LogP contribution in [0.4, 0.5) is 0 Å². The smallest absolute Gasteiger partial charge is 0.109 e. The molecule has 0 unspecified atom stereocenters. The lowest BCUT2D eigenvalue weighted by Gasteiger charge is -2.02. The third-order valence-electron chi connectivity index (χ3n) is 2.39. The van der Waals surface area contributed by atoms with Crippen LogP contribution >= 0.6 is 0 Å². The monoisotopic (exact) mass is 235 g/mol. The third kappa shape index (κ3) is 2.06. The van der Waals surface area contributed by atoms with Crippen molar-refractivity contribution in [1.82, 2.24) is 24.9 Å². The van der Waals surface area contributed by atoms with E-state index in [2.05, 4.69) is 24.9 Å². The Balaban J connectivity index is 2.05. The molecule has 5 heteroatoms. The summed E-state index contributed by atoms with van der Waals surface area (Å²) in [4.78, 5) is 21.1. The van der Waals surface area contributed by atoms with Gasteiger partial charge in [-0.25, -0.2) is 4.98 Å². The summed E-state index contributed by atoms with van der Waals surface area (Å²) in [6.07, 6.45) is 9.99. The first-order chi connectivity index (χ1) is 8.93. The van der Waals surface area contributed by atoms with Crippen molar-refractivity contribution in [1.29, 1.82) is 0 Å². The summed E-state index contributed by atoms with van der Waals surface area (Å²) in [6, 6.07) is 5.67. The van der Waals surface area contributed by atoms with Gasteiger partial charge in [-0.05, 0) is 12.1 Å². The standard InChI is InChI=1S/C13H9N5/c1-2-4-16-10(3-1)12-8-15-9-13(18-12)11-7-14-5-6-17-11/h1-9H. The van der Waals surface area contributed by atoms with Crippen LogP contribution in [0.2, 0.25) is 0 Å². The van der Waals surface area contributed by atoms with Crippen LogP contribution in [0.1, 0.15) is 0 Å². The Morgan fingerprint density at radius 3 is 2.11 bits per heavy atom. The zero-order chi connectivity index (χ0) is 12.2. The molecule has 0 fully saturated rings. The second-order valence-electron chi connectivity index (χ2n) is 3.60. The van der Waals surface area contributed by atoms with Crippen LogP contribution in [0.15, 0.2) is 55.4 Å². The molecule has 0 radical (unpaired) electrons. The third-order valence-corrected chi connectivity index (χ3v) is 2.39. The maximum Gasteiger partial charge on any atom is 0.109 e. The molecule has 0 aliphatic rings. The highest BCUT2D eigenvalue weighted by Gasteiger charge is 2.05. The summed E-state index contributed by atoms with van der Waals surface area (Å²) in [5, 5.41) is 0. The first-order valence-electron chi connectivity index (χ1n) is 5.43. The van der Waals surface area contributed by atoms with Crippen molar-refractivity contribution in [2.75, 3.05) is 0 Å². The van der Waals surface area contributed by atoms with Gasteiger partial charge in [0.1, 0.15) is 17.1 Å². The van der Waals surface area contributed by atoms with E-state index in [4.69, 9.17) is 0 Å². The average molecular weight is 235 g/mol. The number of hydrogen-bond donors (Lipinski definition) is 0. The van der Waals surface area contributed by atoms with Gasteiger partial charge < -0.3 is 0 Å². The summed E-state index contributed by atoms with van der Waals surface area (Å²) in [7, 11) is 0. The van der Waals surface area contributed by atoms with Crippen molar-refractivity contribution in [2.24, 2.45) is 0 Å². The molecule has 0 aliphatic carbocycles. The van der Waals surface area contributed by atoms with Crippen LogP contribution in [-0.2, 0) is 0 Å². The van der Waals surface area contributed by atoms with E-state index in [-0.39, 0.29) is 0 Å². The minimum Gasteiger partial charge on any atom is -0.261 e. The van der Waals surface area contributed by atoms with Gasteiger partial charge in [0.25, 0.3) is 0 Å². The van der Waals surface area contributed by atoms with Gasteiger partial charge >= 0.3 is 0 Å². The van der Waals surface area contributed by atoms with Crippen LogP contribution in [0.25, 0.3) is 22.8 Å². The second-order valence-corrected chi connectivity index (χ2v) is 3.60. The Morgan fingerprint density at radius 1 is 0.611 bits per heavy atom. The fraction of sp³-hybridized carbons (Fsp3) is 0. The molecule has 18 heavy (non-hydrogen) atoms. The molecule has 3 aromatic heterocycles. The van der Waals surface area contributed by atoms with E-state index in [9.17, 15) is 0 Å². The summed E-state index contributed by atoms with van der Waals surface area (Å²) in [6.45, 7) is 0. The van der Waals surface area contributed by atoms with Gasteiger partial charge in [-0.2, -0.15) is 0 Å². The van der Waals surface area contributed by atoms with Crippen LogP contribution in [0.3, 0.4) is 0 Å². The van der Waals surface area contributed by atoms with E-state index < -0.39 is 0 Å². The number of pyridine rings is 1. The van der Waals surface area contributed by atoms with E-state index in [0.29, 0.717) is 11.4 Å². The minimum absolute atomic E-state index is 0.686. The summed E-state index contributed by atoms with van der Waals surface area (Å²) in [5.74, 6) is 0. The molecule has 3 aromatic rings. The summed E-state index contributed by atoms with van der Waals surface area (Å²) < 4.78 is 0. The first kappa shape index (κ1) is 10.5. The SMILES string of the molecule is c1ccc(-c2cncc(-c3cnccn3)n2)nc1. The van der Waals surface area contributed by atoms with Gasteiger partial charge in [-0.1, -0.05) is 6.07 Å². The van der Waals surface area contributed by atoms with Gasteiger partial charge in [-0.3, -0.25) is 19.9 Å². The molecule has 0 saturated heterocycles. The predicted molar refractivity (Wildman–Crippen MR) is 66.3 cm³/mol. The Bertz CT molecular complexity index is 585. The highest BCUT2D eigenvalue weighted by atomic mass is 14.9. The molecule has 0 N–H and O–H groups in total. The largest absolute Gasteiger partial charge is 0.261 e. The molecule has 5 nitrogen and oxygen atoms in total. The first-order valence-corrected chi connectivity index (χ1v) is 5.43. The number of aromatic nitrogens is 5. The molecule has 3 heterocycles. The lowest BCUT2D eigenvalue weighted by atomic mass is 10.2. The van der Waals surface area contributed by atoms with Crippen molar-refractivity contribution < 1.29 is 0 Å². The van der Waals surface area contributed by atoms with Crippen molar-refractivity contribution in [3.63, 3.8) is 0 Å². The molecule has 86 valence electrons. The number of nitrogens with zero attached hydrogens (tertiary/aromatic N) is 5. The molecular weight excluding hydrogens is 226 g/mol. The number of hydrogen-bond acceptors (Lipinski definition) is 5. The van der Waals surface area contributed by atoms with Crippen LogP contribution in [0.5, 0.6) is 0 Å². The molecule has 0 atom stereocenters.